The van der Waals surface area contributed by atoms with Crippen molar-refractivity contribution in [3.63, 3.8) is 0 Å². The van der Waals surface area contributed by atoms with Crippen LogP contribution in [0.15, 0.2) is 78.9 Å². The third-order valence-corrected chi connectivity index (χ3v) is 8.85. The van der Waals surface area contributed by atoms with Crippen LogP contribution in [0.2, 0.25) is 0 Å². The van der Waals surface area contributed by atoms with Crippen molar-refractivity contribution in [1.82, 2.24) is 0 Å². The molecule has 0 bridgehead atoms. The fraction of sp³-hybridized carbons (Fsp3) is 0.342. The standard InChI is InChI=1S/C38H42N2O4/c1-5-6-24-43-32-18-13-29(14-19-32)38(28-11-16-30(17-12-28)40-22-8-7-9-23-40)21-20-33-35(37(41)42-4)25-27-10-15-31(39(2)3)26-34(27)36(33)44-38/h10-21,25-26H,5-9,22-24H2,1-4H3. The largest absolute Gasteiger partial charge is 0.494 e. The smallest absolute Gasteiger partial charge is 0.338 e. The molecule has 6 heteroatoms. The topological polar surface area (TPSA) is 51.2 Å². The van der Waals surface area contributed by atoms with Crippen molar-refractivity contribution in [1.29, 1.82) is 0 Å². The quantitative estimate of drug-likeness (QED) is 0.145. The van der Waals surface area contributed by atoms with E-state index >= 15 is 0 Å². The van der Waals surface area contributed by atoms with Gasteiger partial charge in [0.25, 0.3) is 0 Å². The van der Waals surface area contributed by atoms with Crippen LogP contribution in [-0.2, 0) is 10.3 Å². The number of anilines is 2. The maximum absolute atomic E-state index is 13.0. The third kappa shape index (κ3) is 5.61. The summed E-state index contributed by atoms with van der Waals surface area (Å²) in [6.07, 6.45) is 9.96. The number of esters is 1. The van der Waals surface area contributed by atoms with E-state index in [0.717, 1.165) is 64.8 Å². The molecule has 0 amide bonds. The van der Waals surface area contributed by atoms with Crippen molar-refractivity contribution >= 4 is 34.2 Å². The highest BCUT2D eigenvalue weighted by molar-refractivity contribution is 6.04. The first-order valence-electron chi connectivity index (χ1n) is 15.8. The lowest BCUT2D eigenvalue weighted by molar-refractivity contribution is 0.0599. The van der Waals surface area contributed by atoms with Gasteiger partial charge in [-0.3, -0.25) is 0 Å². The second kappa shape index (κ2) is 12.7. The van der Waals surface area contributed by atoms with E-state index in [0.29, 0.717) is 17.9 Å². The lowest BCUT2D eigenvalue weighted by Crippen LogP contribution is -2.35. The molecule has 0 N–H and O–H groups in total. The first-order chi connectivity index (χ1) is 21.4. The fourth-order valence-electron chi connectivity index (χ4n) is 6.28. The molecule has 1 fully saturated rings. The Labute approximate surface area is 260 Å². The van der Waals surface area contributed by atoms with Gasteiger partial charge < -0.3 is 24.0 Å². The highest BCUT2D eigenvalue weighted by atomic mass is 16.5. The zero-order valence-electron chi connectivity index (χ0n) is 26.3. The molecule has 0 spiro atoms. The van der Waals surface area contributed by atoms with Crippen molar-refractivity contribution in [2.45, 2.75) is 44.6 Å². The predicted molar refractivity (Wildman–Crippen MR) is 179 cm³/mol. The molecule has 4 aromatic carbocycles. The minimum atomic E-state index is -0.925. The number of hydrogen-bond acceptors (Lipinski definition) is 6. The number of nitrogens with zero attached hydrogens (tertiary/aromatic N) is 2. The number of hydrogen-bond donors (Lipinski definition) is 0. The van der Waals surface area contributed by atoms with Crippen molar-refractivity contribution in [3.05, 3.63) is 101 Å². The number of rotatable bonds is 9. The average Bonchev–Trinajstić information content (AvgIpc) is 3.08. The first kappa shape index (κ1) is 29.6. The molecular weight excluding hydrogens is 548 g/mol. The minimum Gasteiger partial charge on any atom is -0.494 e. The zero-order valence-corrected chi connectivity index (χ0v) is 26.3. The minimum absolute atomic E-state index is 0.389. The summed E-state index contributed by atoms with van der Waals surface area (Å²) in [4.78, 5) is 17.5. The Morgan fingerprint density at radius 3 is 2.30 bits per heavy atom. The van der Waals surface area contributed by atoms with Crippen molar-refractivity contribution in [2.75, 3.05) is 50.7 Å². The Hall–Kier alpha value is -4.45. The molecule has 228 valence electrons. The van der Waals surface area contributed by atoms with Crippen molar-refractivity contribution in [2.24, 2.45) is 0 Å². The van der Waals surface area contributed by atoms with Gasteiger partial charge in [-0.15, -0.1) is 0 Å². The van der Waals surface area contributed by atoms with E-state index in [4.69, 9.17) is 14.2 Å². The molecule has 6 rings (SSSR count). The first-order valence-corrected chi connectivity index (χ1v) is 15.8. The van der Waals surface area contributed by atoms with Crippen LogP contribution in [0.5, 0.6) is 11.5 Å². The second-order valence-electron chi connectivity index (χ2n) is 12.0. The molecule has 1 unspecified atom stereocenters. The highest BCUT2D eigenvalue weighted by Crippen LogP contribution is 2.47. The van der Waals surface area contributed by atoms with Gasteiger partial charge >= 0.3 is 5.97 Å². The van der Waals surface area contributed by atoms with Gasteiger partial charge in [-0.05, 0) is 85.7 Å². The van der Waals surface area contributed by atoms with Crippen LogP contribution in [0.3, 0.4) is 0 Å². The van der Waals surface area contributed by atoms with Gasteiger partial charge in [0, 0.05) is 60.6 Å². The second-order valence-corrected chi connectivity index (χ2v) is 12.0. The third-order valence-electron chi connectivity index (χ3n) is 8.85. The van der Waals surface area contributed by atoms with Crippen LogP contribution in [-0.4, -0.2) is 46.9 Å². The Morgan fingerprint density at radius 1 is 0.932 bits per heavy atom. The molecule has 0 aliphatic carbocycles. The molecule has 1 atom stereocenters. The number of carbonyl (C=O) groups is 1. The highest BCUT2D eigenvalue weighted by Gasteiger charge is 2.39. The average molecular weight is 591 g/mol. The van der Waals surface area contributed by atoms with E-state index in [2.05, 4.69) is 71.3 Å². The van der Waals surface area contributed by atoms with E-state index in [1.54, 1.807) is 0 Å². The molecule has 2 aliphatic rings. The summed E-state index contributed by atoms with van der Waals surface area (Å²) in [7, 11) is 5.46. The van der Waals surface area contributed by atoms with Crippen LogP contribution in [0.25, 0.3) is 16.8 Å². The van der Waals surface area contributed by atoms with E-state index in [1.807, 2.05) is 44.4 Å². The predicted octanol–water partition coefficient (Wildman–Crippen LogP) is 8.21. The van der Waals surface area contributed by atoms with Gasteiger partial charge in [-0.25, -0.2) is 4.79 Å². The van der Waals surface area contributed by atoms with Gasteiger partial charge in [0.1, 0.15) is 11.5 Å². The summed E-state index contributed by atoms with van der Waals surface area (Å²) in [5, 5.41) is 1.86. The molecule has 0 radical (unpaired) electrons. The molecule has 0 aromatic heterocycles. The van der Waals surface area contributed by atoms with Gasteiger partial charge in [-0.1, -0.05) is 43.7 Å². The van der Waals surface area contributed by atoms with Gasteiger partial charge in [0.05, 0.1) is 19.3 Å². The summed E-state index contributed by atoms with van der Waals surface area (Å²) >= 11 is 0. The normalized spacial score (nSPS) is 17.6. The van der Waals surface area contributed by atoms with Gasteiger partial charge in [0.2, 0.25) is 0 Å². The molecule has 2 aliphatic heterocycles. The Morgan fingerprint density at radius 2 is 1.64 bits per heavy atom. The number of methoxy groups -OCH3 is 1. The SMILES string of the molecule is CCCCOc1ccc(C2(c3ccc(N4CCCCC4)cc3)C=Cc3c(C(=O)OC)cc4ccc(N(C)C)cc4c3O2)cc1. The van der Waals surface area contributed by atoms with Crippen LogP contribution in [0, 0.1) is 0 Å². The number of unbranched alkanes of at least 4 members (excludes halogenated alkanes) is 1. The fourth-order valence-corrected chi connectivity index (χ4v) is 6.28. The molecule has 0 saturated carbocycles. The lowest BCUT2D eigenvalue weighted by atomic mass is 9.82. The van der Waals surface area contributed by atoms with Crippen LogP contribution < -0.4 is 19.3 Å². The van der Waals surface area contributed by atoms with E-state index < -0.39 is 5.60 Å². The molecule has 44 heavy (non-hydrogen) atoms. The van der Waals surface area contributed by atoms with Crippen LogP contribution in [0.1, 0.15) is 66.1 Å². The van der Waals surface area contributed by atoms with Crippen molar-refractivity contribution in [3.8, 4) is 11.5 Å². The Kier molecular flexibility index (Phi) is 8.51. The Balaban J connectivity index is 1.50. The summed E-state index contributed by atoms with van der Waals surface area (Å²) in [6, 6.07) is 25.1. The van der Waals surface area contributed by atoms with Crippen LogP contribution >= 0.6 is 0 Å². The van der Waals surface area contributed by atoms with Crippen molar-refractivity contribution < 1.29 is 19.0 Å². The summed E-state index contributed by atoms with van der Waals surface area (Å²) in [5.41, 5.74) is 4.56. The zero-order chi connectivity index (χ0) is 30.7. The lowest BCUT2D eigenvalue weighted by Gasteiger charge is -2.37. The summed E-state index contributed by atoms with van der Waals surface area (Å²) < 4.78 is 18.4. The number of ether oxygens (including phenoxy) is 3. The maximum Gasteiger partial charge on any atom is 0.338 e. The van der Waals surface area contributed by atoms with E-state index in [9.17, 15) is 4.79 Å². The van der Waals surface area contributed by atoms with Gasteiger partial charge in [-0.2, -0.15) is 0 Å². The Bertz CT molecular complexity index is 1650. The summed E-state index contributed by atoms with van der Waals surface area (Å²) in [5.74, 6) is 1.12. The molecule has 4 aromatic rings. The number of piperidine rings is 1. The molecule has 2 heterocycles. The monoisotopic (exact) mass is 590 g/mol. The molecule has 1 saturated heterocycles. The number of benzene rings is 4. The van der Waals surface area contributed by atoms with E-state index in [-0.39, 0.29) is 5.97 Å². The van der Waals surface area contributed by atoms with Crippen LogP contribution in [0.4, 0.5) is 11.4 Å². The molecule has 6 nitrogen and oxygen atoms in total. The summed E-state index contributed by atoms with van der Waals surface area (Å²) in [6.45, 7) is 5.03. The number of fused-ring (bicyclic) bond motifs is 3. The van der Waals surface area contributed by atoms with E-state index in [1.165, 1.54) is 32.1 Å². The maximum atomic E-state index is 13.0. The number of carbonyl (C=O) groups excluding carboxylic acids is 1. The molecular formula is C38H42N2O4. The van der Waals surface area contributed by atoms with Gasteiger partial charge in [0.15, 0.2) is 5.60 Å².